The molecular weight excluding hydrogens is 258 g/mol. The molecule has 1 unspecified atom stereocenters. The van der Waals surface area contributed by atoms with Gasteiger partial charge in [0.1, 0.15) is 0 Å². The Hall–Kier alpha value is -1.10. The van der Waals surface area contributed by atoms with Crippen LogP contribution in [0.15, 0.2) is 11.6 Å². The lowest BCUT2D eigenvalue weighted by atomic mass is 10.1. The molecule has 2 heterocycles. The smallest absolute Gasteiger partial charge is 0.223 e. The first-order valence-electron chi connectivity index (χ1n) is 7.28. The Bertz CT molecular complexity index is 414. The lowest BCUT2D eigenvalue weighted by Gasteiger charge is -2.24. The van der Waals surface area contributed by atoms with E-state index in [2.05, 4.69) is 15.2 Å². The number of carbonyl (C=O) groups excluding carboxylic acids is 1. The highest BCUT2D eigenvalue weighted by Gasteiger charge is 2.28. The first kappa shape index (κ1) is 12.9. The van der Waals surface area contributed by atoms with Gasteiger partial charge in [-0.1, -0.05) is 12.8 Å². The van der Waals surface area contributed by atoms with E-state index in [1.165, 1.54) is 19.3 Å². The van der Waals surface area contributed by atoms with Crippen molar-refractivity contribution in [1.82, 2.24) is 10.3 Å². The summed E-state index contributed by atoms with van der Waals surface area (Å²) in [6.45, 7) is 1.84. The van der Waals surface area contributed by atoms with Gasteiger partial charge in [0.2, 0.25) is 5.91 Å². The van der Waals surface area contributed by atoms with Gasteiger partial charge in [-0.3, -0.25) is 4.79 Å². The van der Waals surface area contributed by atoms with E-state index in [-0.39, 0.29) is 11.8 Å². The van der Waals surface area contributed by atoms with E-state index in [4.69, 9.17) is 0 Å². The summed E-state index contributed by atoms with van der Waals surface area (Å²) in [5.74, 6) is 0.540. The summed E-state index contributed by atoms with van der Waals surface area (Å²) in [6, 6.07) is 0.427. The van der Waals surface area contributed by atoms with Gasteiger partial charge in [-0.2, -0.15) is 0 Å². The largest absolute Gasteiger partial charge is 0.354 e. The van der Waals surface area contributed by atoms with E-state index in [9.17, 15) is 4.79 Å². The van der Waals surface area contributed by atoms with Crippen molar-refractivity contribution in [2.24, 2.45) is 5.92 Å². The highest BCUT2D eigenvalue weighted by molar-refractivity contribution is 7.13. The van der Waals surface area contributed by atoms with Gasteiger partial charge in [0.15, 0.2) is 5.13 Å². The summed E-state index contributed by atoms with van der Waals surface area (Å²) in [4.78, 5) is 18.8. The topological polar surface area (TPSA) is 45.2 Å². The number of aromatic nitrogens is 1. The molecule has 0 aromatic carbocycles. The summed E-state index contributed by atoms with van der Waals surface area (Å²) < 4.78 is 0. The number of rotatable bonds is 4. The monoisotopic (exact) mass is 279 g/mol. The van der Waals surface area contributed by atoms with E-state index in [0.717, 1.165) is 37.5 Å². The van der Waals surface area contributed by atoms with Crippen molar-refractivity contribution >= 4 is 22.4 Å². The van der Waals surface area contributed by atoms with Crippen molar-refractivity contribution in [1.29, 1.82) is 0 Å². The van der Waals surface area contributed by atoms with Crippen molar-refractivity contribution < 1.29 is 4.79 Å². The molecule has 1 saturated carbocycles. The molecule has 1 aromatic rings. The van der Waals surface area contributed by atoms with Gasteiger partial charge >= 0.3 is 0 Å². The first-order valence-corrected chi connectivity index (χ1v) is 8.16. The van der Waals surface area contributed by atoms with Crippen LogP contribution in [0.3, 0.4) is 0 Å². The molecule has 0 spiro atoms. The van der Waals surface area contributed by atoms with Crippen LogP contribution >= 0.6 is 11.3 Å². The van der Waals surface area contributed by atoms with Crippen LogP contribution < -0.4 is 10.2 Å². The molecule has 0 radical (unpaired) electrons. The molecule has 0 bridgehead atoms. The van der Waals surface area contributed by atoms with Crippen LogP contribution in [-0.4, -0.2) is 30.0 Å². The molecule has 19 heavy (non-hydrogen) atoms. The molecule has 1 atom stereocenters. The number of hydrogen-bond donors (Lipinski definition) is 1. The van der Waals surface area contributed by atoms with E-state index >= 15 is 0 Å². The normalized spacial score (nSPS) is 24.0. The fourth-order valence-electron chi connectivity index (χ4n) is 3.21. The molecular formula is C14H21N3OS. The number of hydrogen-bond acceptors (Lipinski definition) is 4. The Kier molecular flexibility index (Phi) is 4.01. The van der Waals surface area contributed by atoms with Crippen LogP contribution in [0.4, 0.5) is 5.13 Å². The molecule has 3 rings (SSSR count). The first-order chi connectivity index (χ1) is 9.34. The summed E-state index contributed by atoms with van der Waals surface area (Å²) in [5, 5.41) is 6.27. The molecule has 1 saturated heterocycles. The fourth-order valence-corrected chi connectivity index (χ4v) is 3.95. The van der Waals surface area contributed by atoms with Crippen LogP contribution in [0.5, 0.6) is 0 Å². The van der Waals surface area contributed by atoms with Crippen molar-refractivity contribution in [3.63, 3.8) is 0 Å². The van der Waals surface area contributed by atoms with Crippen LogP contribution in [-0.2, 0) is 4.79 Å². The van der Waals surface area contributed by atoms with Gasteiger partial charge in [-0.15, -0.1) is 11.3 Å². The second-order valence-corrected chi connectivity index (χ2v) is 6.40. The molecule has 1 aliphatic carbocycles. The van der Waals surface area contributed by atoms with Crippen LogP contribution in [0.1, 0.15) is 38.5 Å². The quantitative estimate of drug-likeness (QED) is 0.920. The molecule has 5 heteroatoms. The highest BCUT2D eigenvalue weighted by atomic mass is 32.1. The maximum absolute atomic E-state index is 12.1. The number of amides is 1. The Balaban J connectivity index is 1.53. The van der Waals surface area contributed by atoms with E-state index in [1.54, 1.807) is 11.3 Å². The van der Waals surface area contributed by atoms with Gasteiger partial charge in [0.25, 0.3) is 0 Å². The number of anilines is 1. The second-order valence-electron chi connectivity index (χ2n) is 5.53. The average Bonchev–Trinajstić information content (AvgIpc) is 3.14. The molecule has 104 valence electrons. The second kappa shape index (κ2) is 5.90. The van der Waals surface area contributed by atoms with E-state index in [1.807, 2.05) is 11.6 Å². The zero-order chi connectivity index (χ0) is 13.1. The van der Waals surface area contributed by atoms with Crippen LogP contribution in [0.2, 0.25) is 0 Å². The van der Waals surface area contributed by atoms with Crippen LogP contribution in [0.25, 0.3) is 0 Å². The van der Waals surface area contributed by atoms with Gasteiger partial charge < -0.3 is 10.2 Å². The van der Waals surface area contributed by atoms with Crippen molar-refractivity contribution in [3.05, 3.63) is 11.6 Å². The lowest BCUT2D eigenvalue weighted by Crippen LogP contribution is -2.41. The number of nitrogens with zero attached hydrogens (tertiary/aromatic N) is 2. The Morgan fingerprint density at radius 2 is 2.21 bits per heavy atom. The van der Waals surface area contributed by atoms with Gasteiger partial charge in [-0.05, 0) is 25.7 Å². The minimum absolute atomic E-state index is 0.267. The van der Waals surface area contributed by atoms with Crippen molar-refractivity contribution in [2.75, 3.05) is 18.0 Å². The Labute approximate surface area is 118 Å². The SMILES string of the molecule is O=C(NCC1CCCN1c1nccs1)C1CCCC1. The standard InChI is InChI=1S/C14H21N3OS/c18-13(11-4-1-2-5-11)16-10-12-6-3-8-17(12)14-15-7-9-19-14/h7,9,11-12H,1-6,8,10H2,(H,16,18). The third kappa shape index (κ3) is 2.91. The van der Waals surface area contributed by atoms with Gasteiger partial charge in [0, 0.05) is 36.6 Å². The maximum Gasteiger partial charge on any atom is 0.223 e. The average molecular weight is 279 g/mol. The summed E-state index contributed by atoms with van der Waals surface area (Å²) >= 11 is 1.69. The summed E-state index contributed by atoms with van der Waals surface area (Å²) in [7, 11) is 0. The molecule has 1 aromatic heterocycles. The molecule has 2 fully saturated rings. The van der Waals surface area contributed by atoms with Crippen LogP contribution in [0, 0.1) is 5.92 Å². The predicted molar refractivity (Wildman–Crippen MR) is 77.4 cm³/mol. The third-order valence-electron chi connectivity index (χ3n) is 4.28. The highest BCUT2D eigenvalue weighted by Crippen LogP contribution is 2.27. The Morgan fingerprint density at radius 3 is 2.95 bits per heavy atom. The number of thiazole rings is 1. The minimum Gasteiger partial charge on any atom is -0.354 e. The maximum atomic E-state index is 12.1. The zero-order valence-electron chi connectivity index (χ0n) is 11.2. The predicted octanol–water partition coefficient (Wildman–Crippen LogP) is 2.42. The Morgan fingerprint density at radius 1 is 1.37 bits per heavy atom. The van der Waals surface area contributed by atoms with Crippen molar-refractivity contribution in [2.45, 2.75) is 44.6 Å². The van der Waals surface area contributed by atoms with Gasteiger partial charge in [0.05, 0.1) is 0 Å². The summed E-state index contributed by atoms with van der Waals surface area (Å²) in [5.41, 5.74) is 0. The third-order valence-corrected chi connectivity index (χ3v) is 5.09. The molecule has 2 aliphatic rings. The zero-order valence-corrected chi connectivity index (χ0v) is 12.0. The molecule has 1 amide bonds. The van der Waals surface area contributed by atoms with E-state index in [0.29, 0.717) is 6.04 Å². The summed E-state index contributed by atoms with van der Waals surface area (Å²) in [6.07, 6.45) is 8.79. The number of nitrogens with one attached hydrogen (secondary N) is 1. The minimum atomic E-state index is 0.267. The van der Waals surface area contributed by atoms with Gasteiger partial charge in [-0.25, -0.2) is 4.98 Å². The fraction of sp³-hybridized carbons (Fsp3) is 0.714. The number of carbonyl (C=O) groups is 1. The molecule has 1 aliphatic heterocycles. The van der Waals surface area contributed by atoms with E-state index < -0.39 is 0 Å². The molecule has 4 nitrogen and oxygen atoms in total. The molecule has 1 N–H and O–H groups in total. The lowest BCUT2D eigenvalue weighted by molar-refractivity contribution is -0.124. The van der Waals surface area contributed by atoms with Crippen molar-refractivity contribution in [3.8, 4) is 0 Å².